The van der Waals surface area contributed by atoms with Crippen molar-refractivity contribution in [1.82, 2.24) is 35.5 Å². The third-order valence-corrected chi connectivity index (χ3v) is 8.43. The van der Waals surface area contributed by atoms with Gasteiger partial charge in [0.1, 0.15) is 19.0 Å². The van der Waals surface area contributed by atoms with Crippen LogP contribution in [0.25, 0.3) is 22.5 Å². The van der Waals surface area contributed by atoms with Gasteiger partial charge in [-0.3, -0.25) is 4.79 Å². The van der Waals surface area contributed by atoms with Crippen LogP contribution in [0, 0.1) is 10.1 Å². The summed E-state index contributed by atoms with van der Waals surface area (Å²) in [6.07, 6.45) is 2.25. The highest BCUT2D eigenvalue weighted by Gasteiger charge is 2.21. The Bertz CT molecular complexity index is 1900. The smallest absolute Gasteiger partial charge is 0.407 e. The molecule has 2 N–H and O–H groups in total. The van der Waals surface area contributed by atoms with E-state index in [9.17, 15) is 19.7 Å². The lowest BCUT2D eigenvalue weighted by Gasteiger charge is -2.19. The number of carbonyl (C=O) groups is 2. The van der Waals surface area contributed by atoms with Crippen molar-refractivity contribution in [3.63, 3.8) is 0 Å². The quantitative estimate of drug-likeness (QED) is 0.0429. The Morgan fingerprint density at radius 2 is 1.73 bits per heavy atom. The van der Waals surface area contributed by atoms with Gasteiger partial charge in [0.2, 0.25) is 5.82 Å². The molecule has 5 rings (SSSR count). The number of esters is 1. The minimum atomic E-state index is -0.915. The molecule has 0 fully saturated rings. The molecule has 0 spiro atoms. The van der Waals surface area contributed by atoms with E-state index in [1.807, 2.05) is 83.4 Å². The number of unbranched alkanes of at least 4 members (excludes halogenated alkanes) is 1. The van der Waals surface area contributed by atoms with Crippen molar-refractivity contribution in [3.8, 4) is 22.5 Å². The second kappa shape index (κ2) is 19.0. The first-order chi connectivity index (χ1) is 25.3. The fourth-order valence-corrected chi connectivity index (χ4v) is 5.80. The van der Waals surface area contributed by atoms with Gasteiger partial charge in [-0.05, 0) is 46.7 Å². The van der Waals surface area contributed by atoms with Crippen LogP contribution in [0.4, 0.5) is 4.79 Å². The number of imidazole rings is 1. The highest BCUT2D eigenvalue weighted by Crippen LogP contribution is 2.30. The van der Waals surface area contributed by atoms with Gasteiger partial charge in [-0.1, -0.05) is 104 Å². The van der Waals surface area contributed by atoms with Gasteiger partial charge in [-0.15, -0.1) is 20.3 Å². The van der Waals surface area contributed by atoms with Crippen molar-refractivity contribution < 1.29 is 29.0 Å². The van der Waals surface area contributed by atoms with Crippen molar-refractivity contribution in [2.24, 2.45) is 0 Å². The molecular weight excluding hydrogens is 692 g/mol. The molecular formula is C36H39ClN8O7. The first-order valence-corrected chi connectivity index (χ1v) is 17.2. The molecule has 15 nitrogen and oxygen atoms in total. The van der Waals surface area contributed by atoms with Crippen LogP contribution >= 0.6 is 11.6 Å². The lowest BCUT2D eigenvalue weighted by molar-refractivity contribution is -0.757. The van der Waals surface area contributed by atoms with E-state index in [1.54, 1.807) is 0 Å². The normalized spacial score (nSPS) is 11.5. The number of tetrazole rings is 1. The molecule has 0 unspecified atom stereocenters. The molecule has 0 aliphatic rings. The number of aryl methyl sites for hydroxylation is 1. The van der Waals surface area contributed by atoms with Crippen LogP contribution in [-0.4, -0.2) is 66.6 Å². The molecule has 0 radical (unpaired) electrons. The fraction of sp³-hybridized carbons (Fsp3) is 0.333. The van der Waals surface area contributed by atoms with Crippen LogP contribution < -0.4 is 5.32 Å². The maximum Gasteiger partial charge on any atom is 0.407 e. The maximum absolute atomic E-state index is 13.1. The summed E-state index contributed by atoms with van der Waals surface area (Å²) in [5.74, 6) is 0.724. The highest BCUT2D eigenvalue weighted by atomic mass is 35.5. The van der Waals surface area contributed by atoms with Gasteiger partial charge in [-0.25, -0.2) is 9.78 Å². The fourth-order valence-electron chi connectivity index (χ4n) is 5.55. The zero-order valence-corrected chi connectivity index (χ0v) is 29.3. The number of amides is 1. The Balaban J connectivity index is 1.26. The van der Waals surface area contributed by atoms with Crippen molar-refractivity contribution >= 4 is 23.7 Å². The second-order valence-corrected chi connectivity index (χ2v) is 12.2. The van der Waals surface area contributed by atoms with Crippen molar-refractivity contribution in [1.29, 1.82) is 0 Å². The summed E-state index contributed by atoms with van der Waals surface area (Å²) >= 11 is 6.65. The number of hydrogen-bond acceptors (Lipinski definition) is 11. The molecule has 1 amide bonds. The van der Waals surface area contributed by atoms with Gasteiger partial charge in [0.15, 0.2) is 5.15 Å². The number of rotatable bonds is 19. The van der Waals surface area contributed by atoms with Gasteiger partial charge >= 0.3 is 12.1 Å². The number of benzene rings is 3. The molecule has 52 heavy (non-hydrogen) atoms. The van der Waals surface area contributed by atoms with Crippen LogP contribution in [0.1, 0.15) is 55.3 Å². The second-order valence-electron chi connectivity index (χ2n) is 11.9. The van der Waals surface area contributed by atoms with E-state index in [0.717, 1.165) is 46.5 Å². The number of alkyl carbamates (subject to hydrolysis) is 1. The summed E-state index contributed by atoms with van der Waals surface area (Å²) in [4.78, 5) is 44.6. The summed E-state index contributed by atoms with van der Waals surface area (Å²) in [6, 6.07) is 24.7. The number of hydrogen-bond donors (Lipinski definition) is 2. The molecule has 1 atom stereocenters. The van der Waals surface area contributed by atoms with Crippen molar-refractivity contribution in [3.05, 3.63) is 117 Å². The Hall–Kier alpha value is -5.83. The minimum absolute atomic E-state index is 0.0739. The van der Waals surface area contributed by atoms with Gasteiger partial charge in [0, 0.05) is 24.9 Å². The number of aromatic amines is 1. The van der Waals surface area contributed by atoms with Gasteiger partial charge < -0.3 is 24.2 Å². The van der Waals surface area contributed by atoms with E-state index in [2.05, 4.69) is 42.7 Å². The predicted octanol–water partition coefficient (Wildman–Crippen LogP) is 6.14. The van der Waals surface area contributed by atoms with E-state index in [1.165, 1.54) is 0 Å². The molecule has 0 saturated heterocycles. The summed E-state index contributed by atoms with van der Waals surface area (Å²) in [7, 11) is 0. The van der Waals surface area contributed by atoms with E-state index < -0.39 is 23.2 Å². The topological polar surface area (TPSA) is 189 Å². The van der Waals surface area contributed by atoms with Crippen LogP contribution in [0.2, 0.25) is 5.15 Å². The Kier molecular flexibility index (Phi) is 13.6. The number of carbonyl (C=O) groups excluding carboxylic acids is 2. The van der Waals surface area contributed by atoms with Crippen LogP contribution in [-0.2, 0) is 45.1 Å². The number of ether oxygens (including phenoxy) is 2. The van der Waals surface area contributed by atoms with Crippen LogP contribution in [0.5, 0.6) is 0 Å². The number of halogens is 1. The number of nitrogens with zero attached hydrogens (tertiary/aromatic N) is 6. The Labute approximate surface area is 304 Å². The predicted molar refractivity (Wildman–Crippen MR) is 190 cm³/mol. The average molecular weight is 731 g/mol. The number of H-pyrrole nitrogens is 1. The largest absolute Gasteiger partial charge is 0.463 e. The molecule has 5 aromatic rings. The Morgan fingerprint density at radius 3 is 2.44 bits per heavy atom. The van der Waals surface area contributed by atoms with E-state index in [0.29, 0.717) is 30.9 Å². The van der Waals surface area contributed by atoms with E-state index in [-0.39, 0.29) is 37.8 Å². The number of nitrogens with one attached hydrogen (secondary N) is 2. The monoisotopic (exact) mass is 730 g/mol. The molecule has 3 aromatic carbocycles. The van der Waals surface area contributed by atoms with E-state index in [4.69, 9.17) is 21.1 Å². The molecule has 2 aromatic heterocycles. The lowest BCUT2D eigenvalue weighted by atomic mass is 9.98. The molecule has 0 bridgehead atoms. The molecule has 16 heteroatoms. The lowest BCUT2D eigenvalue weighted by Crippen LogP contribution is -2.40. The number of aromatic nitrogens is 6. The van der Waals surface area contributed by atoms with Crippen LogP contribution in [0.15, 0.2) is 78.9 Å². The summed E-state index contributed by atoms with van der Waals surface area (Å²) in [5.41, 5.74) is 5.26. The average Bonchev–Trinajstić information content (AvgIpc) is 3.79. The SMILES string of the molecule is CCCCc1nc(Cl)c(COC(=O)N[C@@H](COC(=O)CCCO[N+](=O)[O-])Cc2ccccc2)n1Cc1ccc(-c2ccccc2-c2nn[nH]n2)cc1. The zero-order valence-electron chi connectivity index (χ0n) is 28.6. The minimum Gasteiger partial charge on any atom is -0.463 e. The van der Waals surface area contributed by atoms with Crippen molar-refractivity contribution in [2.75, 3.05) is 13.2 Å². The molecule has 0 aliphatic heterocycles. The molecule has 0 aliphatic carbocycles. The molecule has 0 saturated carbocycles. The molecule has 2 heterocycles. The first-order valence-electron chi connectivity index (χ1n) is 16.9. The molecule has 272 valence electrons. The highest BCUT2D eigenvalue weighted by molar-refractivity contribution is 6.30. The van der Waals surface area contributed by atoms with E-state index >= 15 is 0 Å². The third kappa shape index (κ3) is 10.8. The summed E-state index contributed by atoms with van der Waals surface area (Å²) < 4.78 is 13.0. The van der Waals surface area contributed by atoms with Gasteiger partial charge in [0.25, 0.3) is 5.09 Å². The maximum atomic E-state index is 13.1. The van der Waals surface area contributed by atoms with Crippen molar-refractivity contribution in [2.45, 2.75) is 64.6 Å². The zero-order chi connectivity index (χ0) is 36.7. The standard InChI is InChI=1S/C36H39ClN8O7/c1-2-3-14-32-39-34(37)31(44(32)22-26-16-18-27(19-17-26)29-12-7-8-13-30(29)35-40-42-43-41-35)24-51-36(47)38-28(21-25-10-5-4-6-11-25)23-50-33(46)15-9-20-52-45(48)49/h4-8,10-13,16-19,28H,2-3,9,14-15,20-24H2,1H3,(H,38,47)(H,40,41,42,43)/t28-/m1/s1. The van der Waals surface area contributed by atoms with Gasteiger partial charge in [-0.2, -0.15) is 5.21 Å². The van der Waals surface area contributed by atoms with Crippen LogP contribution in [0.3, 0.4) is 0 Å². The Morgan fingerprint density at radius 1 is 0.981 bits per heavy atom. The summed E-state index contributed by atoms with van der Waals surface area (Å²) in [5, 5.41) is 26.9. The third-order valence-electron chi connectivity index (χ3n) is 8.13. The summed E-state index contributed by atoms with van der Waals surface area (Å²) in [6.45, 7) is 2.05. The van der Waals surface area contributed by atoms with Gasteiger partial charge in [0.05, 0.1) is 18.3 Å². The first kappa shape index (κ1) is 37.4.